The normalized spacial score (nSPS) is 10.1. The molecular weight excluding hydrogens is 268 g/mol. The van der Waals surface area contributed by atoms with Crippen LogP contribution in [0.15, 0.2) is 48.5 Å². The lowest BCUT2D eigenvalue weighted by Gasteiger charge is -2.08. The fraction of sp³-hybridized carbons (Fsp3) is 0.125. The summed E-state index contributed by atoms with van der Waals surface area (Å²) in [6, 6.07) is 13.4. The first-order valence-electron chi connectivity index (χ1n) is 6.54. The van der Waals surface area contributed by atoms with Crippen LogP contribution >= 0.6 is 0 Å². The van der Waals surface area contributed by atoms with E-state index in [2.05, 4.69) is 5.32 Å². The van der Waals surface area contributed by atoms with E-state index in [1.807, 2.05) is 12.1 Å². The van der Waals surface area contributed by atoms with Crippen molar-refractivity contribution in [3.63, 3.8) is 0 Å². The fourth-order valence-electron chi connectivity index (χ4n) is 1.96. The Bertz CT molecular complexity index is 651. The Hall–Kier alpha value is -2.66. The summed E-state index contributed by atoms with van der Waals surface area (Å²) in [7, 11) is 0. The lowest BCUT2D eigenvalue weighted by Crippen LogP contribution is -2.14. The van der Waals surface area contributed by atoms with Gasteiger partial charge in [-0.1, -0.05) is 24.3 Å². The van der Waals surface area contributed by atoms with Crippen molar-refractivity contribution < 1.29 is 14.7 Å². The summed E-state index contributed by atoms with van der Waals surface area (Å²) in [5.74, 6) is -1.42. The molecule has 0 radical (unpaired) electrons. The van der Waals surface area contributed by atoms with Crippen LogP contribution in [0.5, 0.6) is 0 Å². The third-order valence-electron chi connectivity index (χ3n) is 3.05. The number of anilines is 1. The fourth-order valence-corrected chi connectivity index (χ4v) is 1.96. The number of amides is 1. The van der Waals surface area contributed by atoms with Crippen molar-refractivity contribution in [2.45, 2.75) is 6.42 Å². The average molecular weight is 284 g/mol. The molecule has 2 aromatic carbocycles. The molecule has 0 aliphatic carbocycles. The highest BCUT2D eigenvalue weighted by Crippen LogP contribution is 2.16. The molecule has 108 valence electrons. The van der Waals surface area contributed by atoms with Gasteiger partial charge in [-0.25, -0.2) is 4.79 Å². The van der Waals surface area contributed by atoms with E-state index in [1.165, 1.54) is 6.07 Å². The number of carboxylic acid groups (broad SMARTS) is 1. The van der Waals surface area contributed by atoms with Crippen molar-refractivity contribution in [2.75, 3.05) is 11.9 Å². The molecule has 0 unspecified atom stereocenters. The van der Waals surface area contributed by atoms with E-state index in [-0.39, 0.29) is 17.2 Å². The van der Waals surface area contributed by atoms with Gasteiger partial charge in [-0.05, 0) is 42.8 Å². The second kappa shape index (κ2) is 6.67. The van der Waals surface area contributed by atoms with E-state index >= 15 is 0 Å². The molecule has 1 amide bonds. The molecule has 21 heavy (non-hydrogen) atoms. The van der Waals surface area contributed by atoms with Crippen LogP contribution in [0.3, 0.4) is 0 Å². The van der Waals surface area contributed by atoms with Crippen molar-refractivity contribution in [1.82, 2.24) is 0 Å². The maximum Gasteiger partial charge on any atom is 0.337 e. The molecule has 0 aliphatic rings. The summed E-state index contributed by atoms with van der Waals surface area (Å²) >= 11 is 0. The third-order valence-corrected chi connectivity index (χ3v) is 3.05. The first-order chi connectivity index (χ1) is 10.1. The number of nitrogens with one attached hydrogen (secondary N) is 1. The van der Waals surface area contributed by atoms with Gasteiger partial charge in [0.15, 0.2) is 0 Å². The molecule has 5 nitrogen and oxygen atoms in total. The summed E-state index contributed by atoms with van der Waals surface area (Å²) in [6.07, 6.45) is 0.754. The van der Waals surface area contributed by atoms with E-state index in [0.29, 0.717) is 12.1 Å². The molecule has 5 heteroatoms. The quantitative estimate of drug-likeness (QED) is 0.784. The Morgan fingerprint density at radius 2 is 1.71 bits per heavy atom. The van der Waals surface area contributed by atoms with E-state index in [0.717, 1.165) is 12.0 Å². The van der Waals surface area contributed by atoms with Gasteiger partial charge in [0, 0.05) is 5.56 Å². The Kier molecular flexibility index (Phi) is 4.68. The van der Waals surface area contributed by atoms with E-state index in [1.54, 1.807) is 30.3 Å². The van der Waals surface area contributed by atoms with Crippen LogP contribution in [0.4, 0.5) is 5.69 Å². The molecule has 0 heterocycles. The largest absolute Gasteiger partial charge is 0.478 e. The lowest BCUT2D eigenvalue weighted by molar-refractivity contribution is 0.0698. The number of hydrogen-bond acceptors (Lipinski definition) is 3. The number of rotatable bonds is 5. The van der Waals surface area contributed by atoms with Crippen LogP contribution in [0.1, 0.15) is 26.3 Å². The summed E-state index contributed by atoms with van der Waals surface area (Å²) in [5, 5.41) is 11.7. The molecule has 0 aliphatic heterocycles. The van der Waals surface area contributed by atoms with Crippen LogP contribution in [0.25, 0.3) is 0 Å². The SMILES string of the molecule is NCCc1ccc(C(=O)Nc2ccccc2C(=O)O)cc1. The minimum absolute atomic E-state index is 0.0607. The number of hydrogen-bond donors (Lipinski definition) is 3. The molecular formula is C16H16N2O3. The van der Waals surface area contributed by atoms with Crippen molar-refractivity contribution in [2.24, 2.45) is 5.73 Å². The van der Waals surface area contributed by atoms with Crippen LogP contribution in [-0.2, 0) is 6.42 Å². The van der Waals surface area contributed by atoms with Gasteiger partial charge < -0.3 is 16.2 Å². The second-order valence-corrected chi connectivity index (χ2v) is 4.54. The Morgan fingerprint density at radius 3 is 2.33 bits per heavy atom. The molecule has 2 rings (SSSR count). The van der Waals surface area contributed by atoms with Gasteiger partial charge >= 0.3 is 5.97 Å². The summed E-state index contributed by atoms with van der Waals surface area (Å²) in [6.45, 7) is 0.553. The van der Waals surface area contributed by atoms with Gasteiger partial charge in [0.1, 0.15) is 0 Å². The van der Waals surface area contributed by atoms with Gasteiger partial charge in [-0.15, -0.1) is 0 Å². The zero-order valence-corrected chi connectivity index (χ0v) is 11.4. The van der Waals surface area contributed by atoms with Crippen molar-refractivity contribution in [1.29, 1.82) is 0 Å². The molecule has 4 N–H and O–H groups in total. The molecule has 0 atom stereocenters. The minimum Gasteiger partial charge on any atom is -0.478 e. The van der Waals surface area contributed by atoms with Crippen molar-refractivity contribution in [3.8, 4) is 0 Å². The van der Waals surface area contributed by atoms with Crippen molar-refractivity contribution >= 4 is 17.6 Å². The Labute approximate surface area is 122 Å². The first kappa shape index (κ1) is 14.7. The number of benzene rings is 2. The number of carbonyl (C=O) groups excluding carboxylic acids is 1. The second-order valence-electron chi connectivity index (χ2n) is 4.54. The highest BCUT2D eigenvalue weighted by molar-refractivity contribution is 6.07. The highest BCUT2D eigenvalue weighted by atomic mass is 16.4. The molecule has 0 spiro atoms. The van der Waals surface area contributed by atoms with Gasteiger partial charge in [-0.2, -0.15) is 0 Å². The van der Waals surface area contributed by atoms with Crippen LogP contribution in [0, 0.1) is 0 Å². The Balaban J connectivity index is 2.16. The van der Waals surface area contributed by atoms with Gasteiger partial charge in [0.2, 0.25) is 0 Å². The molecule has 0 saturated heterocycles. The van der Waals surface area contributed by atoms with Gasteiger partial charge in [-0.3, -0.25) is 4.79 Å². The van der Waals surface area contributed by atoms with Crippen LogP contribution < -0.4 is 11.1 Å². The number of carboxylic acids is 1. The van der Waals surface area contributed by atoms with Crippen LogP contribution in [0.2, 0.25) is 0 Å². The zero-order valence-electron chi connectivity index (χ0n) is 11.4. The lowest BCUT2D eigenvalue weighted by atomic mass is 10.1. The number of aromatic carboxylic acids is 1. The molecule has 2 aromatic rings. The highest BCUT2D eigenvalue weighted by Gasteiger charge is 2.12. The predicted molar refractivity (Wildman–Crippen MR) is 80.6 cm³/mol. The van der Waals surface area contributed by atoms with E-state index in [9.17, 15) is 9.59 Å². The molecule has 0 saturated carbocycles. The first-order valence-corrected chi connectivity index (χ1v) is 6.54. The average Bonchev–Trinajstić information content (AvgIpc) is 2.48. The summed E-state index contributed by atoms with van der Waals surface area (Å²) in [4.78, 5) is 23.2. The minimum atomic E-state index is -1.08. The topological polar surface area (TPSA) is 92.4 Å². The molecule has 0 fully saturated rings. The molecule has 0 aromatic heterocycles. The monoisotopic (exact) mass is 284 g/mol. The summed E-state index contributed by atoms with van der Waals surface area (Å²) < 4.78 is 0. The van der Waals surface area contributed by atoms with Gasteiger partial charge in [0.25, 0.3) is 5.91 Å². The maximum absolute atomic E-state index is 12.1. The number of para-hydroxylation sites is 1. The third kappa shape index (κ3) is 3.67. The van der Waals surface area contributed by atoms with Gasteiger partial charge in [0.05, 0.1) is 11.3 Å². The molecule has 0 bridgehead atoms. The Morgan fingerprint density at radius 1 is 1.05 bits per heavy atom. The predicted octanol–water partition coefficient (Wildman–Crippen LogP) is 2.14. The zero-order chi connectivity index (χ0) is 15.2. The smallest absolute Gasteiger partial charge is 0.337 e. The van der Waals surface area contributed by atoms with Crippen LogP contribution in [-0.4, -0.2) is 23.5 Å². The number of nitrogens with two attached hydrogens (primary N) is 1. The van der Waals surface area contributed by atoms with Crippen molar-refractivity contribution in [3.05, 3.63) is 65.2 Å². The van der Waals surface area contributed by atoms with E-state index < -0.39 is 5.97 Å². The van der Waals surface area contributed by atoms with E-state index in [4.69, 9.17) is 10.8 Å². The standard InChI is InChI=1S/C16H16N2O3/c17-10-9-11-5-7-12(8-6-11)15(19)18-14-4-2-1-3-13(14)16(20)21/h1-8H,9-10,17H2,(H,18,19)(H,20,21). The maximum atomic E-state index is 12.1. The number of carbonyl (C=O) groups is 2. The summed E-state index contributed by atoms with van der Waals surface area (Å²) in [5.41, 5.74) is 7.33.